The van der Waals surface area contributed by atoms with E-state index in [1.165, 1.54) is 30.3 Å². The maximum absolute atomic E-state index is 13.7. The van der Waals surface area contributed by atoms with E-state index in [0.717, 1.165) is 24.3 Å². The number of hydrogen-bond donors (Lipinski definition) is 2. The summed E-state index contributed by atoms with van der Waals surface area (Å²) in [6, 6.07) is 15.4. The second-order valence-electron chi connectivity index (χ2n) is 7.17. The molecule has 2 amide bonds. The number of carbonyl (C=O) groups is 2. The Morgan fingerprint density at radius 3 is 2.03 bits per heavy atom. The summed E-state index contributed by atoms with van der Waals surface area (Å²) in [7, 11) is 0. The first-order valence-electron chi connectivity index (χ1n) is 9.90. The van der Waals surface area contributed by atoms with Crippen molar-refractivity contribution in [3.63, 3.8) is 0 Å². The van der Waals surface area contributed by atoms with Gasteiger partial charge in [-0.25, -0.2) is 9.07 Å². The van der Waals surface area contributed by atoms with Crippen molar-refractivity contribution in [1.82, 2.24) is 9.78 Å². The minimum atomic E-state index is -4.80. The smallest absolute Gasteiger partial charge is 0.322 e. The van der Waals surface area contributed by atoms with Gasteiger partial charge in [0.2, 0.25) is 0 Å². The molecule has 0 aliphatic carbocycles. The quantitative estimate of drug-likeness (QED) is 0.378. The number of carbonyl (C=O) groups excluding carboxylic acids is 2. The highest BCUT2D eigenvalue weighted by molar-refractivity contribution is 6.06. The largest absolute Gasteiger partial charge is 0.418 e. The molecule has 4 rings (SSSR count). The van der Waals surface area contributed by atoms with Crippen molar-refractivity contribution in [2.45, 2.75) is 6.18 Å². The second-order valence-corrected chi connectivity index (χ2v) is 7.17. The Hall–Kier alpha value is -4.47. The normalized spacial score (nSPS) is 11.2. The van der Waals surface area contributed by atoms with Crippen molar-refractivity contribution < 1.29 is 27.2 Å². The lowest BCUT2D eigenvalue weighted by molar-refractivity contribution is -0.136. The van der Waals surface area contributed by atoms with Crippen molar-refractivity contribution in [3.8, 4) is 5.69 Å². The van der Waals surface area contributed by atoms with E-state index in [2.05, 4.69) is 15.7 Å². The Morgan fingerprint density at radius 1 is 0.824 bits per heavy atom. The Kier molecular flexibility index (Phi) is 6.13. The lowest BCUT2D eigenvalue weighted by atomic mass is 10.1. The van der Waals surface area contributed by atoms with E-state index in [1.807, 2.05) is 0 Å². The Morgan fingerprint density at radius 2 is 1.44 bits per heavy atom. The molecular formula is C24H16F4N4O2. The fraction of sp³-hybridized carbons (Fsp3) is 0.0417. The molecule has 10 heteroatoms. The van der Waals surface area contributed by atoms with Crippen LogP contribution in [0.3, 0.4) is 0 Å². The third kappa shape index (κ3) is 5.12. The molecule has 0 radical (unpaired) electrons. The molecule has 0 saturated carbocycles. The summed E-state index contributed by atoms with van der Waals surface area (Å²) in [6.45, 7) is 0. The number of aromatic nitrogens is 2. The summed E-state index contributed by atoms with van der Waals surface area (Å²) in [4.78, 5) is 24.8. The minimum Gasteiger partial charge on any atom is -0.322 e. The lowest BCUT2D eigenvalue weighted by Crippen LogP contribution is -2.18. The average Bonchev–Trinajstić information content (AvgIpc) is 3.35. The summed E-state index contributed by atoms with van der Waals surface area (Å²) in [6.07, 6.45) is -1.50. The van der Waals surface area contributed by atoms with Crippen molar-refractivity contribution >= 4 is 23.2 Å². The summed E-state index contributed by atoms with van der Waals surface area (Å²) in [5.74, 6) is -1.99. The molecule has 2 N–H and O–H groups in total. The van der Waals surface area contributed by atoms with Crippen molar-refractivity contribution in [3.05, 3.63) is 108 Å². The van der Waals surface area contributed by atoms with Crippen LogP contribution >= 0.6 is 0 Å². The average molecular weight is 468 g/mol. The monoisotopic (exact) mass is 468 g/mol. The zero-order chi connectivity index (χ0) is 24.3. The topological polar surface area (TPSA) is 76.0 Å². The van der Waals surface area contributed by atoms with Gasteiger partial charge in [0.1, 0.15) is 5.82 Å². The molecule has 0 saturated heterocycles. The van der Waals surface area contributed by atoms with Crippen LogP contribution in [0.15, 0.2) is 85.2 Å². The van der Waals surface area contributed by atoms with Gasteiger partial charge >= 0.3 is 6.18 Å². The molecule has 34 heavy (non-hydrogen) atoms. The maximum atomic E-state index is 13.7. The van der Waals surface area contributed by atoms with E-state index >= 15 is 0 Å². The molecular weight excluding hydrogens is 452 g/mol. The molecule has 0 bridgehead atoms. The van der Waals surface area contributed by atoms with E-state index < -0.39 is 35.1 Å². The highest BCUT2D eigenvalue weighted by Gasteiger charge is 2.34. The number of nitrogens with zero attached hydrogens (tertiary/aromatic N) is 2. The minimum absolute atomic E-state index is 0.0749. The third-order valence-electron chi connectivity index (χ3n) is 4.84. The van der Waals surface area contributed by atoms with Crippen LogP contribution in [0.2, 0.25) is 0 Å². The number of anilines is 2. The van der Waals surface area contributed by atoms with Gasteiger partial charge in [-0.1, -0.05) is 0 Å². The van der Waals surface area contributed by atoms with E-state index in [-0.39, 0.29) is 16.8 Å². The number of benzene rings is 3. The van der Waals surface area contributed by atoms with Gasteiger partial charge in [-0.3, -0.25) is 9.59 Å². The molecule has 4 aromatic rings. The number of alkyl halides is 3. The van der Waals surface area contributed by atoms with Crippen molar-refractivity contribution in [2.24, 2.45) is 0 Å². The Balaban J connectivity index is 1.53. The summed E-state index contributed by atoms with van der Waals surface area (Å²) < 4.78 is 55.6. The predicted molar refractivity (Wildman–Crippen MR) is 117 cm³/mol. The lowest BCUT2D eigenvalue weighted by Gasteiger charge is -2.16. The van der Waals surface area contributed by atoms with Gasteiger partial charge in [0.05, 0.1) is 16.9 Å². The number of hydrogen-bond acceptors (Lipinski definition) is 3. The molecule has 1 aromatic heterocycles. The zero-order valence-corrected chi connectivity index (χ0v) is 17.3. The zero-order valence-electron chi connectivity index (χ0n) is 17.3. The van der Waals surface area contributed by atoms with Gasteiger partial charge in [-0.15, -0.1) is 0 Å². The van der Waals surface area contributed by atoms with E-state index in [1.54, 1.807) is 35.3 Å². The van der Waals surface area contributed by atoms with Gasteiger partial charge in [0.15, 0.2) is 0 Å². The molecule has 0 unspecified atom stereocenters. The van der Waals surface area contributed by atoms with Crippen molar-refractivity contribution in [1.29, 1.82) is 0 Å². The maximum Gasteiger partial charge on any atom is 0.418 e. The van der Waals surface area contributed by atoms with Crippen LogP contribution in [-0.4, -0.2) is 21.6 Å². The van der Waals surface area contributed by atoms with Crippen LogP contribution in [0.5, 0.6) is 0 Å². The molecule has 0 aliphatic rings. The van der Waals surface area contributed by atoms with Crippen LogP contribution in [0.4, 0.5) is 28.9 Å². The fourth-order valence-corrected chi connectivity index (χ4v) is 3.15. The second kappa shape index (κ2) is 9.18. The van der Waals surface area contributed by atoms with Crippen molar-refractivity contribution in [2.75, 3.05) is 10.6 Å². The molecule has 0 aliphatic heterocycles. The highest BCUT2D eigenvalue weighted by Crippen LogP contribution is 2.37. The molecule has 0 fully saturated rings. The predicted octanol–water partition coefficient (Wildman–Crippen LogP) is 5.53. The molecule has 3 aromatic carbocycles. The van der Waals surface area contributed by atoms with Crippen LogP contribution in [0.25, 0.3) is 5.69 Å². The molecule has 6 nitrogen and oxygen atoms in total. The third-order valence-corrected chi connectivity index (χ3v) is 4.84. The SMILES string of the molecule is O=C(Nc1ccc(NC(=O)c2ccc(-n3cccn3)cc2)c(C(F)(F)F)c1)c1ccc(F)cc1. The molecule has 172 valence electrons. The van der Waals surface area contributed by atoms with Gasteiger partial charge in [-0.05, 0) is 72.8 Å². The van der Waals surface area contributed by atoms with E-state index in [0.29, 0.717) is 5.69 Å². The molecule has 0 atom stereocenters. The highest BCUT2D eigenvalue weighted by atomic mass is 19.4. The Bertz CT molecular complexity index is 1320. The molecule has 0 spiro atoms. The first-order chi connectivity index (χ1) is 16.2. The Labute approximate surface area is 190 Å². The van der Waals surface area contributed by atoms with Gasteiger partial charge in [0, 0.05) is 29.2 Å². The number of amides is 2. The van der Waals surface area contributed by atoms with Crippen LogP contribution in [0, 0.1) is 5.82 Å². The summed E-state index contributed by atoms with van der Waals surface area (Å²) >= 11 is 0. The number of halogens is 4. The van der Waals surface area contributed by atoms with E-state index in [4.69, 9.17) is 0 Å². The number of nitrogens with one attached hydrogen (secondary N) is 2. The number of rotatable bonds is 5. The van der Waals surface area contributed by atoms with Crippen LogP contribution in [-0.2, 0) is 6.18 Å². The van der Waals surface area contributed by atoms with Gasteiger partial charge in [-0.2, -0.15) is 18.3 Å². The van der Waals surface area contributed by atoms with Crippen LogP contribution < -0.4 is 10.6 Å². The fourth-order valence-electron chi connectivity index (χ4n) is 3.15. The molecule has 1 heterocycles. The van der Waals surface area contributed by atoms with Gasteiger partial charge in [0.25, 0.3) is 11.8 Å². The standard InChI is InChI=1S/C24H16F4N4O2/c25-17-6-2-15(3-7-17)22(33)30-18-8-11-21(20(14-18)24(26,27)28)31-23(34)16-4-9-19(10-5-16)32-13-1-12-29-32/h1-14H,(H,30,33)(H,31,34). The first-order valence-corrected chi connectivity index (χ1v) is 9.90. The first kappa shape index (κ1) is 22.7. The van der Waals surface area contributed by atoms with Crippen LogP contribution in [0.1, 0.15) is 26.3 Å². The summed E-state index contributed by atoms with van der Waals surface area (Å²) in [5.41, 5.74) is -0.829. The summed E-state index contributed by atoms with van der Waals surface area (Å²) in [5, 5.41) is 8.67. The van der Waals surface area contributed by atoms with E-state index in [9.17, 15) is 27.2 Å². The van der Waals surface area contributed by atoms with Gasteiger partial charge < -0.3 is 10.6 Å².